The van der Waals surface area contributed by atoms with Crippen LogP contribution in [0.25, 0.3) is 0 Å². The molecule has 0 aliphatic heterocycles. The number of nitrogens with one attached hydrogen (secondary N) is 1. The van der Waals surface area contributed by atoms with Crippen LogP contribution in [-0.2, 0) is 16.0 Å². The van der Waals surface area contributed by atoms with Gasteiger partial charge in [0.1, 0.15) is 0 Å². The van der Waals surface area contributed by atoms with Crippen LogP contribution in [0.4, 0.5) is 5.69 Å². The molecule has 0 spiro atoms. The second-order valence-electron chi connectivity index (χ2n) is 6.19. The lowest BCUT2D eigenvalue weighted by molar-refractivity contribution is -0.121. The number of nitrogens with zero attached hydrogens (tertiary/aromatic N) is 1. The first kappa shape index (κ1) is 18.7. The number of carbonyl (C=O) groups is 2. The fourth-order valence-corrected chi connectivity index (χ4v) is 2.78. The minimum absolute atomic E-state index is 0.0243. The maximum absolute atomic E-state index is 12.6. The molecular weight excluding hydrogens is 312 g/mol. The van der Waals surface area contributed by atoms with E-state index in [1.165, 1.54) is 0 Å². The molecule has 0 fully saturated rings. The lowest BCUT2D eigenvalue weighted by atomic mass is 10.1. The van der Waals surface area contributed by atoms with Crippen molar-refractivity contribution in [3.8, 4) is 0 Å². The lowest BCUT2D eigenvalue weighted by Gasteiger charge is -2.23. The van der Waals surface area contributed by atoms with Gasteiger partial charge in [0.05, 0.1) is 6.42 Å². The van der Waals surface area contributed by atoms with Crippen molar-refractivity contribution in [2.45, 2.75) is 33.6 Å². The van der Waals surface area contributed by atoms with Crippen molar-refractivity contribution >= 4 is 17.5 Å². The molecule has 0 heterocycles. The summed E-state index contributed by atoms with van der Waals surface area (Å²) in [5.74, 6) is -0.0370. The first-order chi connectivity index (χ1) is 12.0. The van der Waals surface area contributed by atoms with E-state index in [2.05, 4.69) is 5.32 Å². The summed E-state index contributed by atoms with van der Waals surface area (Å²) in [6, 6.07) is 15.7. The van der Waals surface area contributed by atoms with Gasteiger partial charge in [0.15, 0.2) is 0 Å². The Labute approximate surface area is 149 Å². The third-order valence-electron chi connectivity index (χ3n) is 4.14. The van der Waals surface area contributed by atoms with Crippen molar-refractivity contribution in [1.82, 2.24) is 5.32 Å². The Morgan fingerprint density at radius 2 is 1.76 bits per heavy atom. The summed E-state index contributed by atoms with van der Waals surface area (Å²) in [6.45, 7) is 6.96. The van der Waals surface area contributed by atoms with Crippen molar-refractivity contribution in [3.63, 3.8) is 0 Å². The highest BCUT2D eigenvalue weighted by molar-refractivity contribution is 5.94. The standard InChI is InChI=1S/C21H26N2O2/c1-4-23(19-14-16(2)10-11-17(19)3)21(25)12-13-22-20(24)15-18-8-6-5-7-9-18/h5-11,14H,4,12-13,15H2,1-3H3,(H,22,24). The van der Waals surface area contributed by atoms with Gasteiger partial charge in [0.2, 0.25) is 11.8 Å². The van der Waals surface area contributed by atoms with Gasteiger partial charge in [0.25, 0.3) is 0 Å². The summed E-state index contributed by atoms with van der Waals surface area (Å²) in [6.07, 6.45) is 0.630. The maximum Gasteiger partial charge on any atom is 0.228 e. The normalized spacial score (nSPS) is 10.4. The summed E-state index contributed by atoms with van der Waals surface area (Å²) >= 11 is 0. The number of benzene rings is 2. The zero-order valence-corrected chi connectivity index (χ0v) is 15.2. The van der Waals surface area contributed by atoms with Crippen molar-refractivity contribution in [2.75, 3.05) is 18.0 Å². The molecule has 0 aromatic heterocycles. The van der Waals surface area contributed by atoms with Gasteiger partial charge in [-0.3, -0.25) is 9.59 Å². The Morgan fingerprint density at radius 3 is 2.44 bits per heavy atom. The quantitative estimate of drug-likeness (QED) is 0.841. The van der Waals surface area contributed by atoms with Gasteiger partial charge in [0, 0.05) is 25.2 Å². The molecule has 132 valence electrons. The molecule has 1 N–H and O–H groups in total. The van der Waals surface area contributed by atoms with Crippen LogP contribution in [-0.4, -0.2) is 24.9 Å². The SMILES string of the molecule is CCN(C(=O)CCNC(=O)Cc1ccccc1)c1cc(C)ccc1C. The van der Waals surface area contributed by atoms with E-state index in [0.29, 0.717) is 25.9 Å². The van der Waals surface area contributed by atoms with E-state index in [9.17, 15) is 9.59 Å². The Morgan fingerprint density at radius 1 is 1.04 bits per heavy atom. The number of anilines is 1. The molecule has 0 radical (unpaired) electrons. The maximum atomic E-state index is 12.6. The monoisotopic (exact) mass is 338 g/mol. The minimum atomic E-state index is -0.0613. The van der Waals surface area contributed by atoms with Crippen LogP contribution in [0.3, 0.4) is 0 Å². The molecule has 2 amide bonds. The molecule has 4 heteroatoms. The molecule has 4 nitrogen and oxygen atoms in total. The van der Waals surface area contributed by atoms with Crippen LogP contribution in [0.5, 0.6) is 0 Å². The molecule has 25 heavy (non-hydrogen) atoms. The molecule has 0 atom stereocenters. The number of aryl methyl sites for hydroxylation is 2. The Bertz CT molecular complexity index is 726. The van der Waals surface area contributed by atoms with Gasteiger partial charge in [-0.2, -0.15) is 0 Å². The average molecular weight is 338 g/mol. The van der Waals surface area contributed by atoms with Gasteiger partial charge < -0.3 is 10.2 Å². The number of carbonyl (C=O) groups excluding carboxylic acids is 2. The zero-order chi connectivity index (χ0) is 18.2. The highest BCUT2D eigenvalue weighted by Crippen LogP contribution is 2.22. The predicted molar refractivity (Wildman–Crippen MR) is 102 cm³/mol. The highest BCUT2D eigenvalue weighted by Gasteiger charge is 2.16. The summed E-state index contributed by atoms with van der Waals surface area (Å²) in [5, 5.41) is 2.83. The number of hydrogen-bond acceptors (Lipinski definition) is 2. The molecule has 2 aromatic carbocycles. The third-order valence-corrected chi connectivity index (χ3v) is 4.14. The van der Waals surface area contributed by atoms with Crippen molar-refractivity contribution in [2.24, 2.45) is 0 Å². The van der Waals surface area contributed by atoms with E-state index in [1.807, 2.05) is 69.3 Å². The Hall–Kier alpha value is -2.62. The fourth-order valence-electron chi connectivity index (χ4n) is 2.78. The first-order valence-electron chi connectivity index (χ1n) is 8.69. The molecule has 2 rings (SSSR count). The van der Waals surface area contributed by atoms with E-state index >= 15 is 0 Å². The molecule has 0 saturated carbocycles. The third kappa shape index (κ3) is 5.45. The van der Waals surface area contributed by atoms with Gasteiger partial charge in [-0.05, 0) is 43.5 Å². The summed E-state index contributed by atoms with van der Waals surface area (Å²) < 4.78 is 0. The molecule has 2 aromatic rings. The smallest absolute Gasteiger partial charge is 0.228 e. The molecule has 0 saturated heterocycles. The van der Waals surface area contributed by atoms with Crippen molar-refractivity contribution in [3.05, 3.63) is 65.2 Å². The van der Waals surface area contributed by atoms with Gasteiger partial charge >= 0.3 is 0 Å². The number of hydrogen-bond donors (Lipinski definition) is 1. The minimum Gasteiger partial charge on any atom is -0.355 e. The van der Waals surface area contributed by atoms with Crippen LogP contribution in [0, 0.1) is 13.8 Å². The molecular formula is C21H26N2O2. The van der Waals surface area contributed by atoms with E-state index in [-0.39, 0.29) is 11.8 Å². The van der Waals surface area contributed by atoms with E-state index in [1.54, 1.807) is 4.90 Å². The van der Waals surface area contributed by atoms with E-state index in [0.717, 1.165) is 22.4 Å². The van der Waals surface area contributed by atoms with Gasteiger partial charge in [-0.15, -0.1) is 0 Å². The first-order valence-corrected chi connectivity index (χ1v) is 8.69. The zero-order valence-electron chi connectivity index (χ0n) is 15.2. The van der Waals surface area contributed by atoms with Crippen LogP contribution in [0.1, 0.15) is 30.0 Å². The summed E-state index contributed by atoms with van der Waals surface area (Å²) in [4.78, 5) is 26.3. The van der Waals surface area contributed by atoms with Crippen LogP contribution in [0.2, 0.25) is 0 Å². The predicted octanol–water partition coefficient (Wildman–Crippen LogP) is 3.41. The Kier molecular flexibility index (Phi) is 6.75. The Balaban J connectivity index is 1.88. The van der Waals surface area contributed by atoms with Crippen LogP contribution < -0.4 is 10.2 Å². The summed E-state index contributed by atoms with van der Waals surface area (Å²) in [7, 11) is 0. The second kappa shape index (κ2) is 9.02. The molecule has 0 aliphatic carbocycles. The largest absolute Gasteiger partial charge is 0.355 e. The van der Waals surface area contributed by atoms with Crippen molar-refractivity contribution in [1.29, 1.82) is 0 Å². The second-order valence-corrected chi connectivity index (χ2v) is 6.19. The van der Waals surface area contributed by atoms with Gasteiger partial charge in [-0.25, -0.2) is 0 Å². The van der Waals surface area contributed by atoms with Gasteiger partial charge in [-0.1, -0.05) is 42.5 Å². The fraction of sp³-hybridized carbons (Fsp3) is 0.333. The topological polar surface area (TPSA) is 49.4 Å². The summed E-state index contributed by atoms with van der Waals surface area (Å²) in [5.41, 5.74) is 4.12. The molecule has 0 unspecified atom stereocenters. The average Bonchev–Trinajstić information content (AvgIpc) is 2.59. The number of rotatable bonds is 7. The molecule has 0 bridgehead atoms. The van der Waals surface area contributed by atoms with E-state index in [4.69, 9.17) is 0 Å². The lowest BCUT2D eigenvalue weighted by Crippen LogP contribution is -2.35. The van der Waals surface area contributed by atoms with Crippen molar-refractivity contribution < 1.29 is 9.59 Å². The highest BCUT2D eigenvalue weighted by atomic mass is 16.2. The van der Waals surface area contributed by atoms with E-state index < -0.39 is 0 Å². The van der Waals surface area contributed by atoms with Crippen LogP contribution in [0.15, 0.2) is 48.5 Å². The number of amides is 2. The van der Waals surface area contributed by atoms with Crippen LogP contribution >= 0.6 is 0 Å². The molecule has 0 aliphatic rings.